The lowest BCUT2D eigenvalue weighted by molar-refractivity contribution is 0.445. The van der Waals surface area contributed by atoms with E-state index in [0.29, 0.717) is 46.1 Å². The topological polar surface area (TPSA) is 63.4 Å². The minimum atomic E-state index is -3.46. The van der Waals surface area contributed by atoms with Gasteiger partial charge >= 0.3 is 0 Å². The Morgan fingerprint density at radius 2 is 1.85 bits per heavy atom. The number of aryl methyl sites for hydroxylation is 1. The molecule has 0 spiro atoms. The first-order valence-electron chi connectivity index (χ1n) is 6.95. The van der Waals surface area contributed by atoms with Gasteiger partial charge in [-0.1, -0.05) is 18.0 Å². The van der Waals surface area contributed by atoms with Crippen molar-refractivity contribution in [3.8, 4) is 0 Å². The third-order valence-corrected chi connectivity index (χ3v) is 6.91. The van der Waals surface area contributed by atoms with Crippen LogP contribution in [0, 0.1) is 18.8 Å². The maximum absolute atomic E-state index is 12.8. The number of fused-ring (bicyclic) bond motifs is 1. The Morgan fingerprint density at radius 1 is 1.25 bits per heavy atom. The van der Waals surface area contributed by atoms with Gasteiger partial charge in [0.05, 0.1) is 15.6 Å². The summed E-state index contributed by atoms with van der Waals surface area (Å²) < 4.78 is 27.2. The van der Waals surface area contributed by atoms with Crippen molar-refractivity contribution < 1.29 is 8.42 Å². The van der Waals surface area contributed by atoms with E-state index in [1.165, 1.54) is 12.5 Å². The molecule has 110 valence electrons. The van der Waals surface area contributed by atoms with Crippen molar-refractivity contribution in [2.75, 3.05) is 18.8 Å². The highest BCUT2D eigenvalue weighted by molar-refractivity contribution is 7.89. The van der Waals surface area contributed by atoms with Crippen LogP contribution >= 0.6 is 11.6 Å². The summed E-state index contributed by atoms with van der Waals surface area (Å²) in [7, 11) is -3.46. The van der Waals surface area contributed by atoms with Gasteiger partial charge < -0.3 is 5.73 Å². The molecule has 2 N–H and O–H groups in total. The van der Waals surface area contributed by atoms with Gasteiger partial charge in [-0.15, -0.1) is 0 Å². The number of hydrogen-bond donors (Lipinski definition) is 1. The molecule has 4 nitrogen and oxygen atoms in total. The summed E-state index contributed by atoms with van der Waals surface area (Å²) >= 11 is 5.94. The lowest BCUT2D eigenvalue weighted by Gasteiger charge is -2.19. The van der Waals surface area contributed by atoms with E-state index in [9.17, 15) is 8.42 Å². The van der Waals surface area contributed by atoms with Gasteiger partial charge in [0.2, 0.25) is 10.0 Å². The summed E-state index contributed by atoms with van der Waals surface area (Å²) in [5.74, 6) is 1.07. The maximum Gasteiger partial charge on any atom is 0.243 e. The second-order valence-electron chi connectivity index (χ2n) is 5.91. The summed E-state index contributed by atoms with van der Waals surface area (Å²) in [5.41, 5.74) is 6.73. The van der Waals surface area contributed by atoms with E-state index >= 15 is 0 Å². The van der Waals surface area contributed by atoms with Crippen LogP contribution in [0.15, 0.2) is 17.0 Å². The number of nitrogen functional groups attached to an aromatic ring is 1. The smallest absolute Gasteiger partial charge is 0.243 e. The minimum Gasteiger partial charge on any atom is -0.397 e. The maximum atomic E-state index is 12.8. The molecule has 0 bridgehead atoms. The predicted molar refractivity (Wildman–Crippen MR) is 80.2 cm³/mol. The van der Waals surface area contributed by atoms with Crippen molar-refractivity contribution in [2.24, 2.45) is 11.8 Å². The molecule has 1 saturated carbocycles. The Labute approximate surface area is 125 Å². The van der Waals surface area contributed by atoms with E-state index in [-0.39, 0.29) is 0 Å². The van der Waals surface area contributed by atoms with Gasteiger partial charge in [-0.2, -0.15) is 4.31 Å². The number of nitrogens with two attached hydrogens (primary N) is 1. The molecule has 0 radical (unpaired) electrons. The molecular formula is C14H19ClN2O2S. The minimum absolute atomic E-state index is 0.291. The van der Waals surface area contributed by atoms with Gasteiger partial charge in [-0.3, -0.25) is 0 Å². The van der Waals surface area contributed by atoms with Crippen LogP contribution in [0.2, 0.25) is 5.02 Å². The lowest BCUT2D eigenvalue weighted by atomic mass is 10.0. The Morgan fingerprint density at radius 3 is 2.45 bits per heavy atom. The van der Waals surface area contributed by atoms with Crippen LogP contribution in [0.25, 0.3) is 0 Å². The highest BCUT2D eigenvalue weighted by atomic mass is 35.5. The van der Waals surface area contributed by atoms with Gasteiger partial charge in [-0.25, -0.2) is 8.42 Å². The van der Waals surface area contributed by atoms with E-state index in [4.69, 9.17) is 17.3 Å². The molecule has 2 fully saturated rings. The predicted octanol–water partition coefficient (Wildman–Crippen LogP) is 2.65. The summed E-state index contributed by atoms with van der Waals surface area (Å²) in [5, 5.41) is 0.403. The fourth-order valence-electron chi connectivity index (χ4n) is 3.47. The number of sulfonamides is 1. The van der Waals surface area contributed by atoms with Crippen LogP contribution in [-0.2, 0) is 10.0 Å². The average Bonchev–Trinajstić information content (AvgIpc) is 2.94. The zero-order valence-electron chi connectivity index (χ0n) is 11.5. The van der Waals surface area contributed by atoms with Crippen LogP contribution in [0.5, 0.6) is 0 Å². The van der Waals surface area contributed by atoms with Crippen molar-refractivity contribution >= 4 is 27.3 Å². The fourth-order valence-corrected chi connectivity index (χ4v) is 5.49. The fraction of sp³-hybridized carbons (Fsp3) is 0.571. The summed E-state index contributed by atoms with van der Waals surface area (Å²) in [6, 6.07) is 3.11. The van der Waals surface area contributed by atoms with Crippen LogP contribution in [0.4, 0.5) is 5.69 Å². The van der Waals surface area contributed by atoms with Gasteiger partial charge in [0.1, 0.15) is 0 Å². The molecule has 1 aromatic carbocycles. The van der Waals surface area contributed by atoms with Crippen molar-refractivity contribution in [1.29, 1.82) is 0 Å². The zero-order valence-corrected chi connectivity index (χ0v) is 13.0. The van der Waals surface area contributed by atoms with Crippen LogP contribution < -0.4 is 5.73 Å². The highest BCUT2D eigenvalue weighted by Crippen LogP contribution is 2.40. The Bertz CT molecular complexity index is 633. The quantitative estimate of drug-likeness (QED) is 0.854. The number of benzene rings is 1. The van der Waals surface area contributed by atoms with Crippen LogP contribution in [0.1, 0.15) is 24.8 Å². The van der Waals surface area contributed by atoms with Crippen molar-refractivity contribution in [3.63, 3.8) is 0 Å². The Hall–Kier alpha value is -0.780. The SMILES string of the molecule is Cc1cc(Cl)c(N)cc1S(=O)(=O)N1CC2CCCC2C1. The summed E-state index contributed by atoms with van der Waals surface area (Å²) in [6.45, 7) is 3.05. The molecule has 0 amide bonds. The van der Waals surface area contributed by atoms with E-state index in [2.05, 4.69) is 0 Å². The molecule has 1 aliphatic carbocycles. The number of hydrogen-bond acceptors (Lipinski definition) is 3. The van der Waals surface area contributed by atoms with Crippen molar-refractivity contribution in [1.82, 2.24) is 4.31 Å². The summed E-state index contributed by atoms with van der Waals surface area (Å²) in [4.78, 5) is 0.291. The van der Waals surface area contributed by atoms with Crippen LogP contribution in [-0.4, -0.2) is 25.8 Å². The molecular weight excluding hydrogens is 296 g/mol. The van der Waals surface area contributed by atoms with Gasteiger partial charge in [0.25, 0.3) is 0 Å². The average molecular weight is 315 g/mol. The van der Waals surface area contributed by atoms with Crippen molar-refractivity contribution in [3.05, 3.63) is 22.7 Å². The number of halogens is 1. The van der Waals surface area contributed by atoms with E-state index in [1.807, 2.05) is 0 Å². The van der Waals surface area contributed by atoms with Gasteiger partial charge in [-0.05, 0) is 49.3 Å². The molecule has 3 rings (SSSR count). The molecule has 20 heavy (non-hydrogen) atoms. The molecule has 1 saturated heterocycles. The zero-order chi connectivity index (χ0) is 14.5. The molecule has 1 aromatic rings. The largest absolute Gasteiger partial charge is 0.397 e. The molecule has 2 unspecified atom stereocenters. The lowest BCUT2D eigenvalue weighted by Crippen LogP contribution is -2.30. The second kappa shape index (κ2) is 4.90. The first-order chi connectivity index (χ1) is 9.39. The van der Waals surface area contributed by atoms with Crippen LogP contribution in [0.3, 0.4) is 0 Å². The highest BCUT2D eigenvalue weighted by Gasteiger charge is 2.41. The normalized spacial score (nSPS) is 26.9. The third-order valence-electron chi connectivity index (χ3n) is 4.60. The molecule has 1 heterocycles. The third kappa shape index (κ3) is 2.22. The molecule has 2 atom stereocenters. The van der Waals surface area contributed by atoms with Gasteiger partial charge in [0.15, 0.2) is 0 Å². The molecule has 2 aliphatic rings. The van der Waals surface area contributed by atoms with E-state index in [1.54, 1.807) is 17.3 Å². The van der Waals surface area contributed by atoms with E-state index in [0.717, 1.165) is 12.8 Å². The molecule has 6 heteroatoms. The number of rotatable bonds is 2. The Kier molecular flexibility index (Phi) is 3.47. The second-order valence-corrected chi connectivity index (χ2v) is 8.23. The standard InChI is InChI=1S/C14H19ClN2O2S/c1-9-5-12(15)13(16)6-14(9)20(18,19)17-7-10-3-2-4-11(10)8-17/h5-6,10-11H,2-4,7-8,16H2,1H3. The summed E-state index contributed by atoms with van der Waals surface area (Å²) in [6.07, 6.45) is 3.53. The number of anilines is 1. The van der Waals surface area contributed by atoms with Gasteiger partial charge in [0, 0.05) is 13.1 Å². The number of nitrogens with zero attached hydrogens (tertiary/aromatic N) is 1. The van der Waals surface area contributed by atoms with Crippen molar-refractivity contribution in [2.45, 2.75) is 31.1 Å². The molecule has 1 aliphatic heterocycles. The first-order valence-corrected chi connectivity index (χ1v) is 8.77. The first kappa shape index (κ1) is 14.2. The molecule has 0 aromatic heterocycles. The Balaban J connectivity index is 1.95. The monoisotopic (exact) mass is 314 g/mol. The van der Waals surface area contributed by atoms with E-state index < -0.39 is 10.0 Å².